The van der Waals surface area contributed by atoms with E-state index >= 15 is 0 Å². The van der Waals surface area contributed by atoms with Gasteiger partial charge in [-0.05, 0) is 47.8 Å². The quantitative estimate of drug-likeness (QED) is 0.840. The van der Waals surface area contributed by atoms with Crippen LogP contribution in [0.4, 0.5) is 5.69 Å². The van der Waals surface area contributed by atoms with Gasteiger partial charge in [-0.15, -0.1) is 0 Å². The molecule has 2 heterocycles. The average molecular weight is 271 g/mol. The normalized spacial score (nSPS) is 17.7. The first-order valence-corrected chi connectivity index (χ1v) is 6.02. The van der Waals surface area contributed by atoms with Crippen molar-refractivity contribution in [2.45, 2.75) is 25.8 Å². The van der Waals surface area contributed by atoms with Gasteiger partial charge in [0, 0.05) is 19.3 Å². The average Bonchev–Trinajstić information content (AvgIpc) is 2.24. The van der Waals surface area contributed by atoms with Crippen molar-refractivity contribution in [1.29, 1.82) is 0 Å². The number of hydrogen-bond acceptors (Lipinski definition) is 3. The summed E-state index contributed by atoms with van der Waals surface area (Å²) in [4.78, 5) is 4.36. The predicted molar refractivity (Wildman–Crippen MR) is 64.1 cm³/mol. The van der Waals surface area contributed by atoms with Crippen LogP contribution in [0.5, 0.6) is 0 Å². The van der Waals surface area contributed by atoms with E-state index in [1.54, 1.807) is 0 Å². The van der Waals surface area contributed by atoms with E-state index in [1.165, 1.54) is 0 Å². The van der Waals surface area contributed by atoms with Gasteiger partial charge in [-0.1, -0.05) is 0 Å². The number of aromatic nitrogens is 1. The molecule has 1 aromatic heterocycles. The largest absolute Gasteiger partial charge is 0.381 e. The molecule has 1 aromatic rings. The van der Waals surface area contributed by atoms with Crippen molar-refractivity contribution in [1.82, 2.24) is 4.98 Å². The van der Waals surface area contributed by atoms with Crippen LogP contribution in [-0.2, 0) is 4.74 Å². The standard InChI is InChI=1S/C11H15BrN2O/c1-8-10(2-3-11(12)13-8)14-9-4-6-15-7-5-9/h2-3,9,14H,4-7H2,1H3. The molecule has 1 saturated heterocycles. The van der Waals surface area contributed by atoms with Gasteiger partial charge in [-0.3, -0.25) is 0 Å². The molecule has 0 atom stereocenters. The molecule has 0 amide bonds. The molecular weight excluding hydrogens is 256 g/mol. The number of anilines is 1. The van der Waals surface area contributed by atoms with Crippen LogP contribution in [0.15, 0.2) is 16.7 Å². The Hall–Kier alpha value is -0.610. The van der Waals surface area contributed by atoms with Crippen molar-refractivity contribution in [3.05, 3.63) is 22.4 Å². The molecule has 0 spiro atoms. The number of aryl methyl sites for hydroxylation is 1. The molecule has 0 aliphatic carbocycles. The zero-order chi connectivity index (χ0) is 10.7. The Bertz CT molecular complexity index is 337. The lowest BCUT2D eigenvalue weighted by atomic mass is 10.1. The first kappa shape index (κ1) is 10.9. The summed E-state index contributed by atoms with van der Waals surface area (Å²) in [5, 5.41) is 3.51. The molecule has 0 radical (unpaired) electrons. The maximum atomic E-state index is 5.32. The molecule has 1 N–H and O–H groups in total. The van der Waals surface area contributed by atoms with Gasteiger partial charge in [0.2, 0.25) is 0 Å². The van der Waals surface area contributed by atoms with Crippen LogP contribution in [0.3, 0.4) is 0 Å². The summed E-state index contributed by atoms with van der Waals surface area (Å²) in [7, 11) is 0. The monoisotopic (exact) mass is 270 g/mol. The van der Waals surface area contributed by atoms with Gasteiger partial charge in [0.1, 0.15) is 4.60 Å². The lowest BCUT2D eigenvalue weighted by molar-refractivity contribution is 0.0904. The zero-order valence-corrected chi connectivity index (χ0v) is 10.4. The number of pyridine rings is 1. The number of nitrogens with zero attached hydrogens (tertiary/aromatic N) is 1. The van der Waals surface area contributed by atoms with Crippen molar-refractivity contribution in [2.75, 3.05) is 18.5 Å². The van der Waals surface area contributed by atoms with Crippen LogP contribution in [0.1, 0.15) is 18.5 Å². The second-order valence-electron chi connectivity index (χ2n) is 3.80. The highest BCUT2D eigenvalue weighted by molar-refractivity contribution is 9.10. The second-order valence-corrected chi connectivity index (χ2v) is 4.61. The van der Waals surface area contributed by atoms with Crippen molar-refractivity contribution in [3.63, 3.8) is 0 Å². The Kier molecular flexibility index (Phi) is 3.59. The fraction of sp³-hybridized carbons (Fsp3) is 0.545. The first-order valence-electron chi connectivity index (χ1n) is 5.23. The Morgan fingerprint density at radius 1 is 1.40 bits per heavy atom. The number of rotatable bonds is 2. The smallest absolute Gasteiger partial charge is 0.106 e. The fourth-order valence-electron chi connectivity index (χ4n) is 1.74. The van der Waals surface area contributed by atoms with E-state index in [-0.39, 0.29) is 0 Å². The number of hydrogen-bond donors (Lipinski definition) is 1. The third-order valence-corrected chi connectivity index (χ3v) is 3.07. The summed E-state index contributed by atoms with van der Waals surface area (Å²) in [6.07, 6.45) is 2.16. The van der Waals surface area contributed by atoms with Crippen LogP contribution in [0, 0.1) is 6.92 Å². The minimum absolute atomic E-state index is 0.528. The maximum Gasteiger partial charge on any atom is 0.106 e. The number of nitrogens with one attached hydrogen (secondary N) is 1. The summed E-state index contributed by atoms with van der Waals surface area (Å²) < 4.78 is 6.21. The molecule has 15 heavy (non-hydrogen) atoms. The van der Waals surface area contributed by atoms with E-state index < -0.39 is 0 Å². The van der Waals surface area contributed by atoms with Crippen molar-refractivity contribution >= 4 is 21.6 Å². The molecule has 1 fully saturated rings. The van der Waals surface area contributed by atoms with Crippen LogP contribution < -0.4 is 5.32 Å². The topological polar surface area (TPSA) is 34.2 Å². The highest BCUT2D eigenvalue weighted by Gasteiger charge is 2.14. The van der Waals surface area contributed by atoms with E-state index in [0.717, 1.165) is 42.0 Å². The van der Waals surface area contributed by atoms with Crippen LogP contribution in [-0.4, -0.2) is 24.2 Å². The van der Waals surface area contributed by atoms with Crippen LogP contribution in [0.2, 0.25) is 0 Å². The van der Waals surface area contributed by atoms with Crippen molar-refractivity contribution in [2.24, 2.45) is 0 Å². The number of ether oxygens (including phenoxy) is 1. The van der Waals surface area contributed by atoms with Gasteiger partial charge in [0.05, 0.1) is 11.4 Å². The van der Waals surface area contributed by atoms with Gasteiger partial charge in [-0.2, -0.15) is 0 Å². The Labute approximate surface area is 98.4 Å². The van der Waals surface area contributed by atoms with Crippen LogP contribution >= 0.6 is 15.9 Å². The number of halogens is 1. The van der Waals surface area contributed by atoms with Gasteiger partial charge in [0.15, 0.2) is 0 Å². The molecule has 4 heteroatoms. The Morgan fingerprint density at radius 3 is 2.80 bits per heavy atom. The first-order chi connectivity index (χ1) is 7.25. The second kappa shape index (κ2) is 4.94. The minimum Gasteiger partial charge on any atom is -0.381 e. The minimum atomic E-state index is 0.528. The van der Waals surface area contributed by atoms with Gasteiger partial charge in [-0.25, -0.2) is 4.98 Å². The van der Waals surface area contributed by atoms with E-state index in [1.807, 2.05) is 13.0 Å². The van der Waals surface area contributed by atoms with E-state index in [0.29, 0.717) is 6.04 Å². The Morgan fingerprint density at radius 2 is 2.13 bits per heavy atom. The Balaban J connectivity index is 2.03. The lowest BCUT2D eigenvalue weighted by Gasteiger charge is -2.24. The summed E-state index contributed by atoms with van der Waals surface area (Å²) in [5.74, 6) is 0. The van der Waals surface area contributed by atoms with Crippen molar-refractivity contribution in [3.8, 4) is 0 Å². The maximum absolute atomic E-state index is 5.32. The highest BCUT2D eigenvalue weighted by Crippen LogP contribution is 2.19. The van der Waals surface area contributed by atoms with Gasteiger partial charge >= 0.3 is 0 Å². The molecule has 1 aliphatic rings. The summed E-state index contributed by atoms with van der Waals surface area (Å²) in [6.45, 7) is 3.74. The van der Waals surface area contributed by atoms with E-state index in [2.05, 4.69) is 32.3 Å². The molecule has 82 valence electrons. The van der Waals surface area contributed by atoms with Crippen molar-refractivity contribution < 1.29 is 4.74 Å². The van der Waals surface area contributed by atoms with E-state index in [9.17, 15) is 0 Å². The molecule has 1 aliphatic heterocycles. The lowest BCUT2D eigenvalue weighted by Crippen LogP contribution is -2.28. The SMILES string of the molecule is Cc1nc(Br)ccc1NC1CCOCC1. The third kappa shape index (κ3) is 2.92. The summed E-state index contributed by atoms with van der Waals surface area (Å²) in [6, 6.07) is 4.57. The highest BCUT2D eigenvalue weighted by atomic mass is 79.9. The van der Waals surface area contributed by atoms with Gasteiger partial charge in [0.25, 0.3) is 0 Å². The molecule has 0 saturated carbocycles. The molecule has 2 rings (SSSR count). The van der Waals surface area contributed by atoms with Crippen LogP contribution in [0.25, 0.3) is 0 Å². The molecular formula is C11H15BrN2O. The fourth-order valence-corrected chi connectivity index (χ4v) is 2.14. The zero-order valence-electron chi connectivity index (χ0n) is 8.79. The third-order valence-electron chi connectivity index (χ3n) is 2.63. The summed E-state index contributed by atoms with van der Waals surface area (Å²) >= 11 is 3.36. The van der Waals surface area contributed by atoms with E-state index in [4.69, 9.17) is 4.74 Å². The molecule has 0 unspecified atom stereocenters. The molecule has 3 nitrogen and oxygen atoms in total. The summed E-state index contributed by atoms with van der Waals surface area (Å²) in [5.41, 5.74) is 2.17. The predicted octanol–water partition coefficient (Wildman–Crippen LogP) is 2.74. The molecule has 0 bridgehead atoms. The molecule has 0 aromatic carbocycles. The van der Waals surface area contributed by atoms with Gasteiger partial charge < -0.3 is 10.1 Å².